The van der Waals surface area contributed by atoms with Gasteiger partial charge in [0.1, 0.15) is 6.33 Å². The van der Waals surface area contributed by atoms with Crippen LogP contribution in [-0.2, 0) is 24.2 Å². The van der Waals surface area contributed by atoms with E-state index in [9.17, 15) is 23.5 Å². The Morgan fingerprint density at radius 1 is 0.926 bits per heavy atom. The molecule has 54 heavy (non-hydrogen) atoms. The number of hydrogen-bond donors (Lipinski definition) is 1. The molecule has 284 valence electrons. The van der Waals surface area contributed by atoms with E-state index in [1.165, 1.54) is 60.8 Å². The van der Waals surface area contributed by atoms with E-state index >= 15 is 0 Å². The van der Waals surface area contributed by atoms with E-state index in [1.54, 1.807) is 31.2 Å². The Hall–Kier alpha value is -4.72. The third kappa shape index (κ3) is 6.25. The number of carboxylic acid groups (broad SMARTS) is 1. The van der Waals surface area contributed by atoms with Crippen LogP contribution in [-0.4, -0.2) is 89.0 Å². The molecule has 1 spiro atoms. The van der Waals surface area contributed by atoms with Crippen LogP contribution in [0.5, 0.6) is 0 Å². The number of hydrogen-bond acceptors (Lipinski definition) is 8. The van der Waals surface area contributed by atoms with Crippen LogP contribution >= 0.6 is 0 Å². The van der Waals surface area contributed by atoms with Crippen molar-refractivity contribution in [2.24, 2.45) is 5.41 Å². The van der Waals surface area contributed by atoms with Gasteiger partial charge in [-0.05, 0) is 121 Å². The summed E-state index contributed by atoms with van der Waals surface area (Å²) in [5.41, 5.74) is 6.10. The number of alkyl halides is 2. The number of carboxylic acids is 1. The van der Waals surface area contributed by atoms with Gasteiger partial charge in [-0.3, -0.25) is 9.48 Å². The van der Waals surface area contributed by atoms with Crippen LogP contribution in [0.25, 0.3) is 5.69 Å². The lowest BCUT2D eigenvalue weighted by molar-refractivity contribution is -0.129. The molecule has 2 aliphatic carbocycles. The Labute approximate surface area is 313 Å². The molecular weight excluding hydrogens is 692 g/mol. The quantitative estimate of drug-likeness (QED) is 0.223. The number of nitrogens with zero attached hydrogens (tertiary/aromatic N) is 9. The lowest BCUT2D eigenvalue weighted by Crippen LogP contribution is -2.47. The highest BCUT2D eigenvalue weighted by atomic mass is 19.3. The zero-order valence-corrected chi connectivity index (χ0v) is 30.7. The van der Waals surface area contributed by atoms with E-state index in [-0.39, 0.29) is 23.2 Å². The Kier molecular flexibility index (Phi) is 8.98. The Morgan fingerprint density at radius 3 is 2.35 bits per heavy atom. The van der Waals surface area contributed by atoms with Crippen LogP contribution in [0.4, 0.5) is 20.3 Å². The number of fused-ring (bicyclic) bond motifs is 2. The molecule has 3 aliphatic heterocycles. The van der Waals surface area contributed by atoms with Gasteiger partial charge in [-0.1, -0.05) is 12.1 Å². The molecule has 0 radical (unpaired) electrons. The highest BCUT2D eigenvalue weighted by Gasteiger charge is 2.47. The van der Waals surface area contributed by atoms with Crippen LogP contribution < -0.4 is 4.90 Å². The molecule has 5 aliphatic rings. The maximum absolute atomic E-state index is 14.5. The molecule has 12 nitrogen and oxygen atoms in total. The van der Waals surface area contributed by atoms with Crippen molar-refractivity contribution in [3.05, 3.63) is 76.2 Å². The van der Waals surface area contributed by atoms with Gasteiger partial charge in [-0.25, -0.2) is 18.3 Å². The van der Waals surface area contributed by atoms with Crippen LogP contribution in [0.2, 0.25) is 0 Å². The molecular formula is C40H47F2N9O3. The number of aromatic nitrogens is 6. The summed E-state index contributed by atoms with van der Waals surface area (Å²) < 4.78 is 32.6. The smallest absolute Gasteiger partial charge is 0.335 e. The maximum Gasteiger partial charge on any atom is 0.335 e. The van der Waals surface area contributed by atoms with E-state index in [2.05, 4.69) is 30.0 Å². The van der Waals surface area contributed by atoms with Gasteiger partial charge in [-0.2, -0.15) is 5.10 Å². The van der Waals surface area contributed by atoms with Crippen LogP contribution in [0.1, 0.15) is 121 Å². The monoisotopic (exact) mass is 739 g/mol. The highest BCUT2D eigenvalue weighted by molar-refractivity contribution is 5.87. The van der Waals surface area contributed by atoms with Crippen molar-refractivity contribution in [1.82, 2.24) is 39.8 Å². The molecule has 14 heteroatoms. The Balaban J connectivity index is 0.903. The molecule has 2 aromatic heterocycles. The number of benzene rings is 2. The van der Waals surface area contributed by atoms with E-state index in [1.807, 2.05) is 17.0 Å². The van der Waals surface area contributed by atoms with Crippen LogP contribution in [0, 0.1) is 5.41 Å². The molecule has 0 atom stereocenters. The van der Waals surface area contributed by atoms with E-state index in [4.69, 9.17) is 5.10 Å². The third-order valence-corrected chi connectivity index (χ3v) is 13.3. The number of anilines is 2. The van der Waals surface area contributed by atoms with E-state index in [0.29, 0.717) is 42.6 Å². The Morgan fingerprint density at radius 2 is 1.69 bits per heavy atom. The predicted octanol–water partition coefficient (Wildman–Crippen LogP) is 6.63. The summed E-state index contributed by atoms with van der Waals surface area (Å²) in [5.74, 6) is 0.465. The van der Waals surface area contributed by atoms with Gasteiger partial charge >= 0.3 is 5.97 Å². The fourth-order valence-corrected chi connectivity index (χ4v) is 10.3. The molecule has 0 unspecified atom stereocenters. The average molecular weight is 740 g/mol. The first-order valence-electron chi connectivity index (χ1n) is 19.6. The van der Waals surface area contributed by atoms with Crippen molar-refractivity contribution in [3.8, 4) is 5.69 Å². The van der Waals surface area contributed by atoms with Crippen molar-refractivity contribution in [2.45, 2.75) is 109 Å². The number of aryl methyl sites for hydroxylation is 1. The van der Waals surface area contributed by atoms with Crippen molar-refractivity contribution in [3.63, 3.8) is 0 Å². The van der Waals surface area contributed by atoms with E-state index < -0.39 is 12.4 Å². The number of aromatic carboxylic acids is 1. The second-order valence-electron chi connectivity index (χ2n) is 16.3. The van der Waals surface area contributed by atoms with Gasteiger partial charge in [0.15, 0.2) is 5.82 Å². The fraction of sp³-hybridized carbons (Fsp3) is 0.550. The van der Waals surface area contributed by atoms with Gasteiger partial charge < -0.3 is 19.8 Å². The second-order valence-corrected chi connectivity index (χ2v) is 16.3. The lowest BCUT2D eigenvalue weighted by atomic mass is 9.54. The topological polar surface area (TPSA) is 126 Å². The zero-order chi connectivity index (χ0) is 37.1. The molecule has 1 amide bonds. The first kappa shape index (κ1) is 35.0. The van der Waals surface area contributed by atoms with Gasteiger partial charge in [0.2, 0.25) is 5.91 Å². The first-order valence-corrected chi connectivity index (χ1v) is 19.6. The first-order chi connectivity index (χ1) is 26.2. The minimum atomic E-state index is -2.71. The Bertz CT molecular complexity index is 2030. The highest BCUT2D eigenvalue weighted by Crippen LogP contribution is 2.59. The summed E-state index contributed by atoms with van der Waals surface area (Å²) >= 11 is 0. The van der Waals surface area contributed by atoms with Gasteiger partial charge in [0.05, 0.1) is 23.8 Å². The number of carbonyl (C=O) groups is 2. The van der Waals surface area contributed by atoms with Gasteiger partial charge in [0.25, 0.3) is 6.43 Å². The fourth-order valence-electron chi connectivity index (χ4n) is 10.3. The molecule has 3 fully saturated rings. The average Bonchev–Trinajstić information content (AvgIpc) is 3.85. The number of amides is 1. The summed E-state index contributed by atoms with van der Waals surface area (Å²) in [4.78, 5) is 30.5. The molecule has 2 aromatic carbocycles. The van der Waals surface area contributed by atoms with Gasteiger partial charge in [-0.15, -0.1) is 5.10 Å². The number of piperidine rings is 1. The molecule has 1 N–H and O–H groups in total. The lowest BCUT2D eigenvalue weighted by Gasteiger charge is -2.53. The minimum absolute atomic E-state index is 0.0267. The SMILES string of the molecule is CC(=O)N1CCc2c(c(N3CCCc4cc(-n5cnnn5)c(C(F)F)cc43)nn2C2CCN(C3CCC4(CC3)CC(c3ccc(C(=O)O)cc3)C4)CC2)C1. The largest absolute Gasteiger partial charge is 0.478 e. The summed E-state index contributed by atoms with van der Waals surface area (Å²) in [5, 5.41) is 25.8. The second kappa shape index (κ2) is 13.8. The number of halogens is 2. The van der Waals surface area contributed by atoms with E-state index in [0.717, 1.165) is 67.8 Å². The maximum atomic E-state index is 14.5. The minimum Gasteiger partial charge on any atom is -0.478 e. The van der Waals surface area contributed by atoms with Crippen molar-refractivity contribution in [2.75, 3.05) is 31.1 Å². The van der Waals surface area contributed by atoms with Gasteiger partial charge in [0, 0.05) is 68.1 Å². The van der Waals surface area contributed by atoms with Crippen molar-refractivity contribution >= 4 is 23.4 Å². The van der Waals surface area contributed by atoms with Crippen molar-refractivity contribution < 1.29 is 23.5 Å². The number of likely N-dealkylation sites (tertiary alicyclic amines) is 1. The molecule has 4 aromatic rings. The molecule has 9 rings (SSSR count). The van der Waals surface area contributed by atoms with Crippen LogP contribution in [0.3, 0.4) is 0 Å². The number of tetrazole rings is 1. The third-order valence-electron chi connectivity index (χ3n) is 13.3. The summed E-state index contributed by atoms with van der Waals surface area (Å²) in [7, 11) is 0. The molecule has 1 saturated heterocycles. The predicted molar refractivity (Wildman–Crippen MR) is 196 cm³/mol. The number of rotatable bonds is 7. The van der Waals surface area contributed by atoms with Crippen LogP contribution in [0.15, 0.2) is 42.7 Å². The molecule has 5 heterocycles. The summed E-state index contributed by atoms with van der Waals surface area (Å²) in [6.45, 7) is 5.42. The van der Waals surface area contributed by atoms with Crippen molar-refractivity contribution in [1.29, 1.82) is 0 Å². The molecule has 0 bridgehead atoms. The molecule has 2 saturated carbocycles. The number of carbonyl (C=O) groups excluding carboxylic acids is 1. The standard InChI is InChI=1S/C40H47F2N9O3/c1-25(52)48-18-12-34-33(23-48)38(49-15-2-3-28-19-36(50-24-43-45-46-50)32(37(41)42)20-35(28)49)44-51(34)31-10-16-47(17-11-31)30-8-13-40(14-9-30)21-29(22-40)26-4-6-27(7-5-26)39(53)54/h4-7,19-20,24,29-31,37H,2-3,8-18,21-23H2,1H3,(H,53,54). The summed E-state index contributed by atoms with van der Waals surface area (Å²) in [6, 6.07) is 11.7. The normalized spacial score (nSPS) is 24.7. The summed E-state index contributed by atoms with van der Waals surface area (Å²) in [6.07, 6.45) is 10.3. The zero-order valence-electron chi connectivity index (χ0n) is 30.7.